The third-order valence-electron chi connectivity index (χ3n) is 17.0. The van der Waals surface area contributed by atoms with Gasteiger partial charge < -0.3 is 65.5 Å². The zero-order valence-electron chi connectivity index (χ0n) is 46.8. The molecule has 1 aromatic heterocycles. The van der Waals surface area contributed by atoms with E-state index in [1.165, 1.54) is 31.4 Å². The molecule has 0 spiro atoms. The van der Waals surface area contributed by atoms with Gasteiger partial charge in [-0.15, -0.1) is 10.2 Å². The van der Waals surface area contributed by atoms with Crippen LogP contribution < -0.4 is 15.4 Å². The quantitative estimate of drug-likeness (QED) is 0.0660. The molecule has 6 atom stereocenters. The maximum atomic E-state index is 14.1. The Labute approximate surface area is 477 Å². The summed E-state index contributed by atoms with van der Waals surface area (Å²) in [5, 5.41) is 92.3. The fourth-order valence-electron chi connectivity index (χ4n) is 12.5. The van der Waals surface area contributed by atoms with Gasteiger partial charge >= 0.3 is 0 Å². The van der Waals surface area contributed by atoms with Crippen LogP contribution in [0.2, 0.25) is 0 Å². The summed E-state index contributed by atoms with van der Waals surface area (Å²) < 4.78 is 19.4. The van der Waals surface area contributed by atoms with Crippen molar-refractivity contribution in [3.8, 4) is 45.8 Å². The van der Waals surface area contributed by atoms with Crippen LogP contribution >= 0.6 is 0 Å². The minimum absolute atomic E-state index is 0.0309. The number of hydrogen-bond acceptors (Lipinski definition) is 19. The summed E-state index contributed by atoms with van der Waals surface area (Å²) >= 11 is 0. The van der Waals surface area contributed by atoms with Crippen molar-refractivity contribution in [2.45, 2.75) is 121 Å². The van der Waals surface area contributed by atoms with Gasteiger partial charge in [0.2, 0.25) is 23.4 Å². The van der Waals surface area contributed by atoms with E-state index in [9.17, 15) is 64.5 Å². The lowest BCUT2D eigenvalue weighted by atomic mass is 9.72. The van der Waals surface area contributed by atoms with Crippen LogP contribution in [0, 0.1) is 11.8 Å². The molecule has 10 rings (SSSR count). The normalized spacial score (nSPS) is 23.1. The number of aromatic hydroxyl groups is 4. The molecule has 0 saturated carbocycles. The number of amides is 3. The molecule has 0 bridgehead atoms. The Balaban J connectivity index is 0.751. The molecule has 3 fully saturated rings. The fourth-order valence-corrected chi connectivity index (χ4v) is 12.5. The van der Waals surface area contributed by atoms with Gasteiger partial charge in [0.25, 0.3) is 5.91 Å². The minimum atomic E-state index is -2.37. The van der Waals surface area contributed by atoms with Gasteiger partial charge in [0.05, 0.1) is 47.6 Å². The van der Waals surface area contributed by atoms with Crippen LogP contribution in [-0.4, -0.2) is 172 Å². The van der Waals surface area contributed by atoms with E-state index in [-0.39, 0.29) is 81.2 Å². The zero-order valence-corrected chi connectivity index (χ0v) is 46.8. The van der Waals surface area contributed by atoms with Crippen LogP contribution in [-0.2, 0) is 36.8 Å². The maximum absolute atomic E-state index is 14.1. The lowest BCUT2D eigenvalue weighted by Crippen LogP contribution is -2.57. The second-order valence-corrected chi connectivity index (χ2v) is 22.6. The average Bonchev–Trinajstić information content (AvgIpc) is 2.29. The molecule has 4 aromatic carbocycles. The molecule has 3 amide bonds. The standard InChI is InChI=1S/C60H69N7O16/c1-6-61-58(78)56-64-63-55(37-22-36(29(2)3)40(69)24-41(37)70)67(56)34-12-10-31(11-13-34)27-65-18-14-33(15-19-65)59(79)66-20-16-32(17-21-66)57(77)62-39-23-45(82-30(4)50(39)72)83-43-26-60(80,44(71)28-68)25-38-47(43)54(76)49-48(52(38)74)51(73)35-8-7-9-42(81-5)46(35)53(49)75/h7-13,22,24,29-30,32-33,39,43,45,50,68-70,72,74,76,80H,6,14-21,23,25-28H2,1-5H3,(H,61,78)(H,62,77)/t30-,39-,43-,45-,50+,60-/m0/s1. The predicted octanol–water partition coefficient (Wildman–Crippen LogP) is 3.84. The van der Waals surface area contributed by atoms with E-state index < -0.39 is 107 Å². The topological polar surface area (TPSA) is 333 Å². The first-order chi connectivity index (χ1) is 39.7. The number of likely N-dealkylation sites (tertiary alicyclic amines) is 2. The second kappa shape index (κ2) is 23.5. The number of methoxy groups -OCH3 is 1. The molecule has 23 heteroatoms. The highest BCUT2D eigenvalue weighted by Crippen LogP contribution is 2.53. The van der Waals surface area contributed by atoms with E-state index in [2.05, 4.69) is 25.7 Å². The second-order valence-electron chi connectivity index (χ2n) is 22.6. The van der Waals surface area contributed by atoms with Crippen LogP contribution in [0.25, 0.3) is 17.1 Å². The van der Waals surface area contributed by atoms with Crippen molar-refractivity contribution in [2.24, 2.45) is 11.8 Å². The molecule has 3 saturated heterocycles. The number of phenols is 4. The first-order valence-corrected chi connectivity index (χ1v) is 28.1. The van der Waals surface area contributed by atoms with Gasteiger partial charge in [0.1, 0.15) is 47.1 Å². The van der Waals surface area contributed by atoms with Gasteiger partial charge in [-0.3, -0.25) is 38.2 Å². The summed E-state index contributed by atoms with van der Waals surface area (Å²) in [6.45, 7) is 9.12. The van der Waals surface area contributed by atoms with E-state index in [4.69, 9.17) is 14.2 Å². The van der Waals surface area contributed by atoms with Crippen molar-refractivity contribution in [3.63, 3.8) is 0 Å². The Morgan fingerprint density at radius 3 is 2.20 bits per heavy atom. The Kier molecular flexibility index (Phi) is 16.5. The zero-order chi connectivity index (χ0) is 59.3. The highest BCUT2D eigenvalue weighted by molar-refractivity contribution is 6.31. The van der Waals surface area contributed by atoms with Gasteiger partial charge in [0.15, 0.2) is 23.7 Å². The number of piperidine rings is 2. The fraction of sp³-hybridized carbons (Fsp3) is 0.467. The minimum Gasteiger partial charge on any atom is -0.508 e. The molecule has 0 radical (unpaired) electrons. The number of benzene rings is 4. The SMILES string of the molecule is CCNC(=O)c1nnc(-c2cc(C(C)C)c(O)cc2O)n1-c1ccc(CN2CCC(C(=O)N3CCC(C(=O)N[C@H]4C[C@H](O[C@H]5C[C@](O)(C(=O)CO)Cc6c(O)c7c(c(O)c65)C(=O)c5c(OC)cccc5C7=O)O[C@@H](C)[C@H]4O)CC3)CC2)cc1. The molecule has 2 aliphatic carbocycles. The van der Waals surface area contributed by atoms with E-state index >= 15 is 0 Å². The van der Waals surface area contributed by atoms with Crippen LogP contribution in [0.4, 0.5) is 0 Å². The summed E-state index contributed by atoms with van der Waals surface area (Å²) in [5.74, 6) is -5.65. The number of carbonyl (C=O) groups excluding carboxylic acids is 6. The van der Waals surface area contributed by atoms with Crippen molar-refractivity contribution < 1.29 is 78.7 Å². The van der Waals surface area contributed by atoms with Crippen molar-refractivity contribution in [1.29, 1.82) is 0 Å². The lowest BCUT2D eigenvalue weighted by Gasteiger charge is -2.43. The number of aliphatic hydroxyl groups is 3. The van der Waals surface area contributed by atoms with Gasteiger partial charge in [0, 0.05) is 85.7 Å². The maximum Gasteiger partial charge on any atom is 0.289 e. The van der Waals surface area contributed by atoms with Gasteiger partial charge in [-0.2, -0.15) is 0 Å². The third kappa shape index (κ3) is 10.9. The van der Waals surface area contributed by atoms with Crippen molar-refractivity contribution >= 4 is 35.1 Å². The van der Waals surface area contributed by atoms with Crippen molar-refractivity contribution in [3.05, 3.63) is 105 Å². The highest BCUT2D eigenvalue weighted by Gasteiger charge is 2.51. The molecular formula is C60H69N7O16. The molecule has 440 valence electrons. The van der Waals surface area contributed by atoms with Crippen LogP contribution in [0.15, 0.2) is 54.6 Å². The molecule has 5 aromatic rings. The number of nitrogens with zero attached hydrogens (tertiary/aromatic N) is 5. The number of hydrogen-bond donors (Lipinski definition) is 9. The number of aromatic nitrogens is 3. The number of rotatable bonds is 15. The van der Waals surface area contributed by atoms with Crippen molar-refractivity contribution in [1.82, 2.24) is 35.2 Å². The molecule has 4 heterocycles. The molecule has 5 aliphatic rings. The van der Waals surface area contributed by atoms with E-state index in [0.717, 1.165) is 5.56 Å². The number of aliphatic hydroxyl groups excluding tert-OH is 2. The largest absolute Gasteiger partial charge is 0.508 e. The first kappa shape index (κ1) is 58.4. The number of carbonyl (C=O) groups is 6. The highest BCUT2D eigenvalue weighted by atomic mass is 16.7. The van der Waals surface area contributed by atoms with Crippen LogP contribution in [0.1, 0.15) is 143 Å². The van der Waals surface area contributed by atoms with Gasteiger partial charge in [-0.25, -0.2) is 0 Å². The molecule has 83 heavy (non-hydrogen) atoms. The predicted molar refractivity (Wildman–Crippen MR) is 295 cm³/mol. The Hall–Kier alpha value is -7.80. The molecule has 3 aliphatic heterocycles. The number of ketones is 3. The Bertz CT molecular complexity index is 3380. The number of Topliss-reactive ketones (excluding diaryl/α,β-unsaturated/α-hetero) is 1. The lowest BCUT2D eigenvalue weighted by molar-refractivity contribution is -0.249. The van der Waals surface area contributed by atoms with Crippen LogP contribution in [0.5, 0.6) is 28.7 Å². The van der Waals surface area contributed by atoms with Gasteiger partial charge in [-0.05, 0) is 93.9 Å². The number of ether oxygens (including phenoxy) is 3. The number of fused-ring (bicyclic) bond motifs is 3. The smallest absolute Gasteiger partial charge is 0.289 e. The molecule has 9 N–H and O–H groups in total. The van der Waals surface area contributed by atoms with Gasteiger partial charge in [-0.1, -0.05) is 38.1 Å². The Morgan fingerprint density at radius 2 is 1.54 bits per heavy atom. The van der Waals surface area contributed by atoms with E-state index in [0.29, 0.717) is 81.8 Å². The summed E-state index contributed by atoms with van der Waals surface area (Å²) in [6, 6.07) is 13.9. The van der Waals surface area contributed by atoms with Crippen LogP contribution in [0.3, 0.4) is 0 Å². The first-order valence-electron chi connectivity index (χ1n) is 28.1. The molecule has 0 unspecified atom stereocenters. The summed E-state index contributed by atoms with van der Waals surface area (Å²) in [6.07, 6.45) is -4.29. The van der Waals surface area contributed by atoms with Crippen molar-refractivity contribution in [2.75, 3.05) is 46.4 Å². The molecule has 23 nitrogen and oxygen atoms in total. The van der Waals surface area contributed by atoms with E-state index in [1.807, 2.05) is 43.0 Å². The number of nitrogens with one attached hydrogen (secondary N) is 2. The number of phenolic OH excluding ortho intramolecular Hbond substituents is 4. The summed E-state index contributed by atoms with van der Waals surface area (Å²) in [4.78, 5) is 86.3. The summed E-state index contributed by atoms with van der Waals surface area (Å²) in [7, 11) is 1.31. The third-order valence-corrected chi connectivity index (χ3v) is 17.0. The molecular weight excluding hydrogens is 1070 g/mol. The average molecular weight is 1140 g/mol. The Morgan fingerprint density at radius 1 is 0.855 bits per heavy atom. The van der Waals surface area contributed by atoms with E-state index in [1.54, 1.807) is 24.5 Å². The summed E-state index contributed by atoms with van der Waals surface area (Å²) in [5.41, 5.74) is -1.64. The monoisotopic (exact) mass is 1140 g/mol.